The molecule has 15 aromatic carbocycles. The third kappa shape index (κ3) is 11.5. The van der Waals surface area contributed by atoms with E-state index in [4.69, 9.17) is 0 Å². The molecule has 0 saturated carbocycles. The first kappa shape index (κ1) is 67.0. The van der Waals surface area contributed by atoms with Gasteiger partial charge >= 0.3 is 0 Å². The van der Waals surface area contributed by atoms with Crippen LogP contribution in [-0.2, 0) is 10.8 Å². The minimum absolute atomic E-state index is 0.187. The van der Waals surface area contributed by atoms with Crippen molar-refractivity contribution in [1.82, 2.24) is 0 Å². The molecule has 2 heteroatoms. The largest absolute Gasteiger partial charge is 0.310 e. The van der Waals surface area contributed by atoms with Crippen LogP contribution >= 0.6 is 0 Å². The van der Waals surface area contributed by atoms with Crippen molar-refractivity contribution < 1.29 is 0 Å². The first-order valence-electron chi connectivity index (χ1n) is 36.9. The van der Waals surface area contributed by atoms with Gasteiger partial charge in [0.05, 0.1) is 0 Å². The Hall–Kier alpha value is -11.5. The van der Waals surface area contributed by atoms with Gasteiger partial charge in [0, 0.05) is 56.1 Å². The van der Waals surface area contributed by atoms with Crippen LogP contribution in [0.15, 0.2) is 255 Å². The zero-order chi connectivity index (χ0) is 72.4. The highest BCUT2D eigenvalue weighted by atomic mass is 15.1. The number of benzene rings is 15. The summed E-state index contributed by atoms with van der Waals surface area (Å²) in [5.74, 6) is 7.10. The lowest BCUT2D eigenvalue weighted by atomic mass is 9.79. The molecule has 0 N–H and O–H groups in total. The molecule has 0 aliphatic heterocycles. The molecular formula is C102H90N2. The fraction of sp³-hybridized carbons (Fsp3) is 0.176. The van der Waals surface area contributed by atoms with Gasteiger partial charge in [-0.05, 0) is 381 Å². The van der Waals surface area contributed by atoms with E-state index >= 15 is 0 Å². The fourth-order valence-electron chi connectivity index (χ4n) is 16.9. The Kier molecular flexibility index (Phi) is 16.6. The molecule has 2 nitrogen and oxygen atoms in total. The maximum atomic E-state index is 3.57. The van der Waals surface area contributed by atoms with Crippen LogP contribution in [0.4, 0.5) is 34.1 Å². The molecule has 0 bridgehead atoms. The summed E-state index contributed by atoms with van der Waals surface area (Å²) in [6, 6.07) is 95.2. The topological polar surface area (TPSA) is 6.48 Å². The van der Waals surface area contributed by atoms with Crippen molar-refractivity contribution in [2.45, 2.75) is 122 Å². The smallest absolute Gasteiger partial charge is 0.0467 e. The molecule has 2 aliphatic rings. The lowest BCUT2D eigenvalue weighted by Crippen LogP contribution is -2.18. The summed E-state index contributed by atoms with van der Waals surface area (Å²) in [4.78, 5) is 4.86. The Bertz CT molecular complexity index is 5730. The van der Waals surface area contributed by atoms with E-state index in [0.717, 1.165) is 16.8 Å². The van der Waals surface area contributed by atoms with E-state index < -0.39 is 0 Å². The van der Waals surface area contributed by atoms with Gasteiger partial charge in [-0.3, -0.25) is 0 Å². The maximum Gasteiger partial charge on any atom is 0.0467 e. The summed E-state index contributed by atoms with van der Waals surface area (Å²) in [5.41, 5.74) is 40.5. The second kappa shape index (κ2) is 25.8. The van der Waals surface area contributed by atoms with E-state index in [2.05, 4.69) is 387 Å². The van der Waals surface area contributed by atoms with Gasteiger partial charge in [-0.25, -0.2) is 0 Å². The highest BCUT2D eigenvalue weighted by molar-refractivity contribution is 6.22. The summed E-state index contributed by atoms with van der Waals surface area (Å²) >= 11 is 0. The fourth-order valence-corrected chi connectivity index (χ4v) is 16.9. The molecule has 0 spiro atoms. The summed E-state index contributed by atoms with van der Waals surface area (Å²) in [7, 11) is 0. The second-order valence-electron chi connectivity index (χ2n) is 30.9. The molecule has 0 amide bonds. The number of aryl methyl sites for hydroxylation is 8. The summed E-state index contributed by atoms with van der Waals surface area (Å²) in [6.07, 6.45) is 0. The van der Waals surface area contributed by atoms with Gasteiger partial charge in [-0.2, -0.15) is 0 Å². The van der Waals surface area contributed by atoms with E-state index in [1.807, 2.05) is 0 Å². The SMILES string of the molecule is Cc1cc(N(c2ccc(C#Cc3ccc4c(c3)C(C)(C)c3cc5c(cc3-4)C(C)(C)c3cc(N(c4cc(C)c(C)c(C)c4)c4cc(C)c(C)c(C)c4)ccc3-5)cc2)c2cc(C)c(C)c(C)c2)cc(C)c1C.c1ccc2cc(-c3c4ccccc4c(-c4ccc5ccccc5c4)c4ccccc34)ccc2c1. The monoisotopic (exact) mass is 1340 g/mol. The molecule has 0 radical (unpaired) electrons. The molecule has 2 aliphatic carbocycles. The minimum atomic E-state index is -0.194. The van der Waals surface area contributed by atoms with Crippen LogP contribution in [0.3, 0.4) is 0 Å². The van der Waals surface area contributed by atoms with Crippen LogP contribution in [-0.4, -0.2) is 0 Å². The molecule has 0 atom stereocenters. The number of fused-ring (bicyclic) bond motifs is 10. The quantitative estimate of drug-likeness (QED) is 0.111. The van der Waals surface area contributed by atoms with Crippen molar-refractivity contribution in [3.05, 3.63) is 355 Å². The minimum Gasteiger partial charge on any atom is -0.310 e. The number of hydrogen-bond donors (Lipinski definition) is 0. The van der Waals surface area contributed by atoms with Crippen LogP contribution < -0.4 is 9.80 Å². The van der Waals surface area contributed by atoms with Crippen molar-refractivity contribution in [1.29, 1.82) is 0 Å². The van der Waals surface area contributed by atoms with Gasteiger partial charge < -0.3 is 9.80 Å². The normalized spacial score (nSPS) is 12.9. The molecule has 0 fully saturated rings. The van der Waals surface area contributed by atoms with Crippen LogP contribution in [0.25, 0.3) is 87.6 Å². The van der Waals surface area contributed by atoms with E-state index in [-0.39, 0.29) is 10.8 Å². The van der Waals surface area contributed by atoms with Gasteiger partial charge in [0.25, 0.3) is 0 Å². The predicted octanol–water partition coefficient (Wildman–Crippen LogP) is 28.0. The Balaban J connectivity index is 0.000000203. The molecule has 0 unspecified atom stereocenters. The number of rotatable bonds is 8. The Morgan fingerprint density at radius 3 is 0.913 bits per heavy atom. The van der Waals surface area contributed by atoms with Crippen LogP contribution in [0.2, 0.25) is 0 Å². The standard InChI is InChI=1S/C68H68N2.C34H22/c1-39-27-55(28-40(2)47(39)9)69(56-29-41(3)48(10)42(4)30-56)53-22-19-51(20-23-53)17-18-52-21-25-59-61-37-66-62(38-65(61)67(13,14)63(59)35-52)60-26-24-54(36-64(60)68(66,15)16)70(57-31-43(5)49(11)44(6)32-57)58-33-45(7)50(12)46(8)34-58;1-3-11-25-21-27(19-17-23(25)9-1)33-29-13-5-7-15-31(29)34(32-16-8-6-14-30(32)33)28-20-18-24-10-2-4-12-26(24)22-28/h19-38H,1-16H3;1-22H. The van der Waals surface area contributed by atoms with Gasteiger partial charge in [-0.1, -0.05) is 173 Å². The molecule has 17 rings (SSSR count). The molecule has 104 heavy (non-hydrogen) atoms. The zero-order valence-electron chi connectivity index (χ0n) is 63.1. The number of nitrogens with zero attached hydrogens (tertiary/aromatic N) is 2. The third-order valence-electron chi connectivity index (χ3n) is 23.9. The number of hydrogen-bond acceptors (Lipinski definition) is 2. The summed E-state index contributed by atoms with van der Waals surface area (Å²) in [5, 5.41) is 10.2. The average Bonchev–Trinajstić information content (AvgIpc) is 1.49. The Morgan fingerprint density at radius 2 is 0.529 bits per heavy atom. The second-order valence-corrected chi connectivity index (χ2v) is 30.9. The van der Waals surface area contributed by atoms with E-state index in [1.165, 1.54) is 205 Å². The van der Waals surface area contributed by atoms with Gasteiger partial charge in [-0.15, -0.1) is 0 Å². The lowest BCUT2D eigenvalue weighted by molar-refractivity contribution is 0.652. The molecule has 508 valence electrons. The van der Waals surface area contributed by atoms with E-state index in [1.54, 1.807) is 0 Å². The van der Waals surface area contributed by atoms with E-state index in [9.17, 15) is 0 Å². The highest BCUT2D eigenvalue weighted by Gasteiger charge is 2.42. The first-order valence-corrected chi connectivity index (χ1v) is 36.9. The molecule has 0 saturated heterocycles. The van der Waals surface area contributed by atoms with Gasteiger partial charge in [0.1, 0.15) is 0 Å². The first-order chi connectivity index (χ1) is 50.0. The predicted molar refractivity (Wildman–Crippen MR) is 448 cm³/mol. The van der Waals surface area contributed by atoms with Crippen LogP contribution in [0.1, 0.15) is 128 Å². The summed E-state index contributed by atoms with van der Waals surface area (Å²) < 4.78 is 0. The summed E-state index contributed by atoms with van der Waals surface area (Å²) in [6.45, 7) is 36.3. The van der Waals surface area contributed by atoms with Crippen molar-refractivity contribution in [3.63, 3.8) is 0 Å². The molecule has 0 heterocycles. The third-order valence-corrected chi connectivity index (χ3v) is 23.9. The lowest BCUT2D eigenvalue weighted by Gasteiger charge is -2.30. The Morgan fingerprint density at radius 1 is 0.231 bits per heavy atom. The van der Waals surface area contributed by atoms with Crippen molar-refractivity contribution in [3.8, 4) is 56.3 Å². The van der Waals surface area contributed by atoms with Gasteiger partial charge in [0.2, 0.25) is 0 Å². The van der Waals surface area contributed by atoms with Crippen molar-refractivity contribution in [2.75, 3.05) is 9.80 Å². The van der Waals surface area contributed by atoms with Crippen molar-refractivity contribution in [2.24, 2.45) is 0 Å². The van der Waals surface area contributed by atoms with Crippen LogP contribution in [0, 0.1) is 94.9 Å². The van der Waals surface area contributed by atoms with E-state index in [0.29, 0.717) is 0 Å². The maximum absolute atomic E-state index is 3.57. The Labute approximate surface area is 616 Å². The highest BCUT2D eigenvalue weighted by Crippen LogP contribution is 2.57. The van der Waals surface area contributed by atoms with Gasteiger partial charge in [0.15, 0.2) is 0 Å². The zero-order valence-corrected chi connectivity index (χ0v) is 63.1. The molecule has 15 aromatic rings. The molecule has 0 aromatic heterocycles. The number of anilines is 6. The van der Waals surface area contributed by atoms with Crippen LogP contribution in [0.5, 0.6) is 0 Å². The molecular weight excluding hydrogens is 1250 g/mol. The average molecular weight is 1340 g/mol. The van der Waals surface area contributed by atoms with Crippen molar-refractivity contribution >= 4 is 77.2 Å².